The van der Waals surface area contributed by atoms with Crippen molar-refractivity contribution in [1.29, 1.82) is 15.8 Å². The summed E-state index contributed by atoms with van der Waals surface area (Å²) in [5.41, 5.74) is 23.3. The molecule has 0 fully saturated rings. The molecule has 0 unspecified atom stereocenters. The zero-order valence-electron chi connectivity index (χ0n) is 38.1. The first-order chi connectivity index (χ1) is 35.1. The lowest BCUT2D eigenvalue weighted by molar-refractivity contribution is 0.882. The van der Waals surface area contributed by atoms with Crippen molar-refractivity contribution in [2.24, 2.45) is 0 Å². The van der Waals surface area contributed by atoms with Gasteiger partial charge in [0.2, 0.25) is 0 Å². The van der Waals surface area contributed by atoms with Crippen LogP contribution in [0, 0.1) is 34.0 Å². The van der Waals surface area contributed by atoms with Gasteiger partial charge in [0.1, 0.15) is 18.2 Å². The number of benzene rings is 9. The van der Waals surface area contributed by atoms with Gasteiger partial charge < -0.3 is 24.0 Å². The molecule has 71 heavy (non-hydrogen) atoms. The van der Waals surface area contributed by atoms with Gasteiger partial charge in [0.05, 0.1) is 83.7 Å². The van der Waals surface area contributed by atoms with E-state index in [4.69, 9.17) is 5.73 Å². The standard InChI is InChI=1S/C63H38N8/c64-35-38-31-39(36-65)59(33-58(38)68-50-23-7-1-15-41(50)42-16-2-8-24-51(42)68)70-54-27-11-5-19-47(54)62-45(21-13-29-56(62)70)46-22-14-30-57-63(46)48-20-6-12-28-55(48)71(57)61-34-60(40(37-66)32-49(61)67)69-52-25-9-3-17-43(52)44-18-4-10-26-53(44)69/h1-12,14-28,30-34H,13,29,67H2. The normalized spacial score (nSPS) is 12.5. The van der Waals surface area contributed by atoms with Crippen LogP contribution in [0.25, 0.3) is 105 Å². The molecule has 0 amide bonds. The second kappa shape index (κ2) is 15.2. The number of nitrogens with two attached hydrogens (primary N) is 1. The van der Waals surface area contributed by atoms with E-state index in [9.17, 15) is 15.8 Å². The monoisotopic (exact) mass is 906 g/mol. The van der Waals surface area contributed by atoms with Crippen molar-refractivity contribution in [1.82, 2.24) is 18.3 Å². The Morgan fingerprint density at radius 1 is 0.380 bits per heavy atom. The van der Waals surface area contributed by atoms with E-state index in [1.54, 1.807) is 6.07 Å². The van der Waals surface area contributed by atoms with Gasteiger partial charge in [0.25, 0.3) is 0 Å². The van der Waals surface area contributed by atoms with Crippen molar-refractivity contribution in [2.45, 2.75) is 12.8 Å². The highest BCUT2D eigenvalue weighted by Gasteiger charge is 2.29. The maximum atomic E-state index is 10.9. The van der Waals surface area contributed by atoms with E-state index in [0.29, 0.717) is 22.4 Å². The van der Waals surface area contributed by atoms with Crippen LogP contribution in [-0.2, 0) is 6.42 Å². The summed E-state index contributed by atoms with van der Waals surface area (Å²) in [5.74, 6) is 0. The average molecular weight is 907 g/mol. The van der Waals surface area contributed by atoms with Crippen LogP contribution >= 0.6 is 0 Å². The molecule has 0 aliphatic heterocycles. The third kappa shape index (κ3) is 5.58. The molecule has 1 aliphatic rings. The number of hydrogen-bond acceptors (Lipinski definition) is 4. The molecule has 0 atom stereocenters. The van der Waals surface area contributed by atoms with E-state index in [0.717, 1.165) is 134 Å². The summed E-state index contributed by atoms with van der Waals surface area (Å²) in [6.45, 7) is 0. The van der Waals surface area contributed by atoms with Gasteiger partial charge in [-0.15, -0.1) is 0 Å². The average Bonchev–Trinajstić information content (AvgIpc) is 4.16. The van der Waals surface area contributed by atoms with Gasteiger partial charge in [0.15, 0.2) is 0 Å². The molecule has 8 heteroatoms. The number of nitrogens with zero attached hydrogens (tertiary/aromatic N) is 7. The van der Waals surface area contributed by atoms with Crippen LogP contribution in [-0.4, -0.2) is 18.3 Å². The molecular formula is C63H38N8. The summed E-state index contributed by atoms with van der Waals surface area (Å²) >= 11 is 0. The lowest BCUT2D eigenvalue weighted by Gasteiger charge is -2.21. The molecule has 1 aliphatic carbocycles. The van der Waals surface area contributed by atoms with E-state index in [1.807, 2.05) is 48.5 Å². The topological polar surface area (TPSA) is 117 Å². The van der Waals surface area contributed by atoms with Crippen LogP contribution < -0.4 is 5.73 Å². The van der Waals surface area contributed by atoms with Crippen LogP contribution in [0.1, 0.15) is 39.9 Å². The summed E-state index contributed by atoms with van der Waals surface area (Å²) in [6.07, 6.45) is 3.88. The maximum Gasteiger partial charge on any atom is 0.101 e. The van der Waals surface area contributed by atoms with Crippen LogP contribution in [0.3, 0.4) is 0 Å². The van der Waals surface area contributed by atoms with Crippen molar-refractivity contribution in [3.8, 4) is 41.0 Å². The molecule has 14 rings (SSSR count). The van der Waals surface area contributed by atoms with E-state index in [1.165, 1.54) is 0 Å². The number of para-hydroxylation sites is 6. The highest BCUT2D eigenvalue weighted by molar-refractivity contribution is 6.17. The molecule has 13 aromatic rings. The van der Waals surface area contributed by atoms with Gasteiger partial charge in [0, 0.05) is 49.0 Å². The molecule has 4 aromatic heterocycles. The van der Waals surface area contributed by atoms with Gasteiger partial charge in [-0.1, -0.05) is 127 Å². The summed E-state index contributed by atoms with van der Waals surface area (Å²) in [7, 11) is 0. The summed E-state index contributed by atoms with van der Waals surface area (Å²) in [6, 6.07) is 71.8. The highest BCUT2D eigenvalue weighted by atomic mass is 15.0. The molecule has 9 aromatic carbocycles. The Balaban J connectivity index is 1.000. The van der Waals surface area contributed by atoms with Crippen LogP contribution in [0.2, 0.25) is 0 Å². The van der Waals surface area contributed by atoms with Crippen LogP contribution in [0.4, 0.5) is 5.69 Å². The van der Waals surface area contributed by atoms with Crippen molar-refractivity contribution in [2.75, 3.05) is 5.73 Å². The molecule has 0 radical (unpaired) electrons. The number of rotatable bonds is 5. The zero-order valence-corrected chi connectivity index (χ0v) is 38.1. The minimum atomic E-state index is 0.427. The Kier molecular flexibility index (Phi) is 8.58. The Morgan fingerprint density at radius 3 is 1.30 bits per heavy atom. The van der Waals surface area contributed by atoms with E-state index < -0.39 is 0 Å². The molecule has 0 spiro atoms. The minimum absolute atomic E-state index is 0.427. The van der Waals surface area contributed by atoms with Crippen molar-refractivity contribution in [3.63, 3.8) is 0 Å². The molecule has 0 bridgehead atoms. The summed E-state index contributed by atoms with van der Waals surface area (Å²) < 4.78 is 8.88. The first kappa shape index (κ1) is 40.0. The second-order valence-electron chi connectivity index (χ2n) is 18.3. The summed E-state index contributed by atoms with van der Waals surface area (Å²) in [5, 5.41) is 40.0. The fourth-order valence-electron chi connectivity index (χ4n) is 11.9. The Morgan fingerprint density at radius 2 is 0.775 bits per heavy atom. The summed E-state index contributed by atoms with van der Waals surface area (Å²) in [4.78, 5) is 0. The Labute approximate surface area is 407 Å². The van der Waals surface area contributed by atoms with Gasteiger partial charge in [-0.2, -0.15) is 15.8 Å². The van der Waals surface area contributed by atoms with Gasteiger partial charge >= 0.3 is 0 Å². The zero-order chi connectivity index (χ0) is 47.5. The molecule has 2 N–H and O–H groups in total. The molecule has 8 nitrogen and oxygen atoms in total. The van der Waals surface area contributed by atoms with Crippen LogP contribution in [0.5, 0.6) is 0 Å². The first-order valence-corrected chi connectivity index (χ1v) is 23.7. The fraction of sp³-hybridized carbons (Fsp3) is 0.0317. The molecule has 330 valence electrons. The van der Waals surface area contributed by atoms with Crippen LogP contribution in [0.15, 0.2) is 194 Å². The number of hydrogen-bond donors (Lipinski definition) is 1. The number of aromatic nitrogens is 4. The minimum Gasteiger partial charge on any atom is -0.397 e. The van der Waals surface area contributed by atoms with Crippen molar-refractivity contribution in [3.05, 3.63) is 228 Å². The van der Waals surface area contributed by atoms with E-state index in [2.05, 4.69) is 176 Å². The largest absolute Gasteiger partial charge is 0.397 e. The number of allylic oxidation sites excluding steroid dienone is 1. The Bertz CT molecular complexity index is 4540. The number of nitriles is 3. The lowest BCUT2D eigenvalue weighted by Crippen LogP contribution is -2.09. The SMILES string of the molecule is N#Cc1cc(C#N)c(-n2c3ccccc3c3ccccc32)cc1-n1c2c(c3ccccc31)C(c1cccc3c1c1ccccc1n3-c1cc(-n3c4ccccc4c4ccccc43)c(C#N)cc1N)=CCC2. The van der Waals surface area contributed by atoms with E-state index >= 15 is 0 Å². The fourth-order valence-corrected chi connectivity index (χ4v) is 11.9. The van der Waals surface area contributed by atoms with Gasteiger partial charge in [-0.05, 0) is 90.7 Å². The third-order valence-corrected chi connectivity index (χ3v) is 14.7. The van der Waals surface area contributed by atoms with Crippen molar-refractivity contribution >= 4 is 87.6 Å². The second-order valence-corrected chi connectivity index (χ2v) is 18.3. The Hall–Kier alpha value is -10.1. The molecule has 0 saturated carbocycles. The van der Waals surface area contributed by atoms with Crippen molar-refractivity contribution < 1.29 is 0 Å². The number of anilines is 1. The predicted molar refractivity (Wildman–Crippen MR) is 287 cm³/mol. The third-order valence-electron chi connectivity index (χ3n) is 14.7. The van der Waals surface area contributed by atoms with Gasteiger partial charge in [-0.3, -0.25) is 0 Å². The lowest BCUT2D eigenvalue weighted by atomic mass is 9.87. The smallest absolute Gasteiger partial charge is 0.101 e. The highest BCUT2D eigenvalue weighted by Crippen LogP contribution is 2.47. The predicted octanol–water partition coefficient (Wildman–Crippen LogP) is 14.5. The molecular weight excluding hydrogens is 869 g/mol. The van der Waals surface area contributed by atoms with E-state index in [-0.39, 0.29) is 0 Å². The first-order valence-electron chi connectivity index (χ1n) is 23.7. The molecule has 0 saturated heterocycles. The van der Waals surface area contributed by atoms with Gasteiger partial charge in [-0.25, -0.2) is 0 Å². The maximum absolute atomic E-state index is 10.9. The quantitative estimate of drug-likeness (QED) is 0.173. The molecule has 4 heterocycles. The number of fused-ring (bicyclic) bond motifs is 12. The number of nitrogen functional groups attached to an aromatic ring is 1.